The quantitative estimate of drug-likeness (QED) is 0.510. The number of hydrogen-bond donors (Lipinski definition) is 1. The number of nitro groups is 1. The SMILES string of the molecule is O=C(O)CC[C@@H](c1ccc(F)cc1)N1CCN(C(=O)c2ccc(Cl)c([N+](=O)[O-])c2)CC1. The molecule has 3 rings (SSSR count). The van der Waals surface area contributed by atoms with Gasteiger partial charge < -0.3 is 10.0 Å². The third-order valence-electron chi connectivity index (χ3n) is 5.32. The van der Waals surface area contributed by atoms with Crippen LogP contribution >= 0.6 is 11.6 Å². The second kappa shape index (κ2) is 9.84. The lowest BCUT2D eigenvalue weighted by Crippen LogP contribution is -2.49. The van der Waals surface area contributed by atoms with Gasteiger partial charge in [-0.3, -0.25) is 24.6 Å². The molecule has 1 saturated heterocycles. The van der Waals surface area contributed by atoms with Gasteiger partial charge in [0.2, 0.25) is 0 Å². The molecule has 0 aromatic heterocycles. The van der Waals surface area contributed by atoms with Crippen molar-refractivity contribution in [2.45, 2.75) is 18.9 Å². The summed E-state index contributed by atoms with van der Waals surface area (Å²) in [6.07, 6.45) is 0.327. The van der Waals surface area contributed by atoms with Gasteiger partial charge >= 0.3 is 5.97 Å². The number of nitro benzene ring substituents is 1. The van der Waals surface area contributed by atoms with E-state index in [-0.39, 0.29) is 40.5 Å². The molecular weight excluding hydrogens is 429 g/mol. The van der Waals surface area contributed by atoms with Crippen molar-refractivity contribution in [2.75, 3.05) is 26.2 Å². The lowest BCUT2D eigenvalue weighted by atomic mass is 9.99. The summed E-state index contributed by atoms with van der Waals surface area (Å²) >= 11 is 5.82. The fourth-order valence-corrected chi connectivity index (χ4v) is 3.90. The largest absolute Gasteiger partial charge is 0.481 e. The van der Waals surface area contributed by atoms with Crippen molar-refractivity contribution >= 4 is 29.2 Å². The molecule has 1 aliphatic heterocycles. The lowest BCUT2D eigenvalue weighted by molar-refractivity contribution is -0.384. The number of carboxylic acid groups (broad SMARTS) is 1. The molecule has 0 radical (unpaired) electrons. The van der Waals surface area contributed by atoms with Gasteiger partial charge in [-0.25, -0.2) is 4.39 Å². The highest BCUT2D eigenvalue weighted by molar-refractivity contribution is 6.32. The normalized spacial score (nSPS) is 15.5. The number of halogens is 2. The third-order valence-corrected chi connectivity index (χ3v) is 5.64. The van der Waals surface area contributed by atoms with E-state index in [1.54, 1.807) is 17.0 Å². The van der Waals surface area contributed by atoms with E-state index in [9.17, 15) is 24.1 Å². The van der Waals surface area contributed by atoms with E-state index < -0.39 is 10.9 Å². The summed E-state index contributed by atoms with van der Waals surface area (Å²) in [5.74, 6) is -1.61. The van der Waals surface area contributed by atoms with Crippen LogP contribution in [0.5, 0.6) is 0 Å². The van der Waals surface area contributed by atoms with E-state index in [1.807, 2.05) is 0 Å². The Hall–Kier alpha value is -3.04. The molecule has 2 aromatic rings. The Labute approximate surface area is 183 Å². The van der Waals surface area contributed by atoms with Crippen molar-refractivity contribution in [3.63, 3.8) is 0 Å². The number of aliphatic carboxylic acids is 1. The summed E-state index contributed by atoms with van der Waals surface area (Å²) in [4.78, 5) is 38.0. The molecule has 0 saturated carbocycles. The first kappa shape index (κ1) is 22.6. The first-order valence-corrected chi connectivity index (χ1v) is 10.1. The molecule has 0 bridgehead atoms. The molecular formula is C21H21ClFN3O5. The summed E-state index contributed by atoms with van der Waals surface area (Å²) < 4.78 is 13.3. The van der Waals surface area contributed by atoms with E-state index in [4.69, 9.17) is 16.7 Å². The van der Waals surface area contributed by atoms with Crippen molar-refractivity contribution in [3.8, 4) is 0 Å². The number of carboxylic acids is 1. The first-order chi connectivity index (χ1) is 14.8. The number of carbonyl (C=O) groups excluding carboxylic acids is 1. The highest BCUT2D eigenvalue weighted by Crippen LogP contribution is 2.29. The van der Waals surface area contributed by atoms with Crippen LogP contribution < -0.4 is 0 Å². The van der Waals surface area contributed by atoms with Crippen molar-refractivity contribution in [2.24, 2.45) is 0 Å². The van der Waals surface area contributed by atoms with Gasteiger partial charge in [0, 0.05) is 50.3 Å². The number of piperazine rings is 1. The maximum absolute atomic E-state index is 13.3. The molecule has 31 heavy (non-hydrogen) atoms. The van der Waals surface area contributed by atoms with Crippen molar-refractivity contribution in [1.82, 2.24) is 9.80 Å². The van der Waals surface area contributed by atoms with Gasteiger partial charge in [0.05, 0.1) is 4.92 Å². The van der Waals surface area contributed by atoms with Crippen molar-refractivity contribution < 1.29 is 24.0 Å². The van der Waals surface area contributed by atoms with Gasteiger partial charge in [-0.05, 0) is 36.2 Å². The Bertz CT molecular complexity index is 977. The standard InChI is InChI=1S/C21H21ClFN3O5/c22-17-6-3-15(13-19(17)26(30)31)21(29)25-11-9-24(10-12-25)18(7-8-20(27)28)14-1-4-16(23)5-2-14/h1-6,13,18H,7-12H2,(H,27,28)/t18-/m0/s1. The van der Waals surface area contributed by atoms with Crippen LogP contribution in [0.15, 0.2) is 42.5 Å². The van der Waals surface area contributed by atoms with Gasteiger partial charge in [-0.2, -0.15) is 0 Å². The Balaban J connectivity index is 1.70. The minimum Gasteiger partial charge on any atom is -0.481 e. The highest BCUT2D eigenvalue weighted by Gasteiger charge is 2.29. The summed E-state index contributed by atoms with van der Waals surface area (Å²) in [7, 11) is 0. The Morgan fingerprint density at radius 3 is 2.35 bits per heavy atom. The molecule has 1 amide bonds. The number of rotatable bonds is 7. The average molecular weight is 450 g/mol. The van der Waals surface area contributed by atoms with Crippen molar-refractivity contribution in [3.05, 3.63) is 74.5 Å². The third kappa shape index (κ3) is 5.56. The molecule has 8 nitrogen and oxygen atoms in total. The van der Waals surface area contributed by atoms with Crippen LogP contribution in [0.25, 0.3) is 0 Å². The smallest absolute Gasteiger partial charge is 0.303 e. The van der Waals surface area contributed by atoms with Gasteiger partial charge in [0.25, 0.3) is 11.6 Å². The molecule has 0 aliphatic carbocycles. The Morgan fingerprint density at radius 1 is 1.13 bits per heavy atom. The first-order valence-electron chi connectivity index (χ1n) is 9.71. The second-order valence-corrected chi connectivity index (χ2v) is 7.66. The summed E-state index contributed by atoms with van der Waals surface area (Å²) in [5, 5.41) is 20.1. The number of nitrogens with zero attached hydrogens (tertiary/aromatic N) is 3. The van der Waals surface area contributed by atoms with Crippen LogP contribution in [0, 0.1) is 15.9 Å². The van der Waals surface area contributed by atoms with Gasteiger partial charge in [0.1, 0.15) is 10.8 Å². The van der Waals surface area contributed by atoms with E-state index in [0.717, 1.165) is 5.56 Å². The minimum absolute atomic E-state index is 0.0321. The predicted molar refractivity (Wildman–Crippen MR) is 112 cm³/mol. The van der Waals surface area contributed by atoms with Crippen LogP contribution in [-0.4, -0.2) is 57.9 Å². The summed E-state index contributed by atoms with van der Waals surface area (Å²) in [6.45, 7) is 1.73. The lowest BCUT2D eigenvalue weighted by Gasteiger charge is -2.39. The van der Waals surface area contributed by atoms with E-state index >= 15 is 0 Å². The molecule has 10 heteroatoms. The summed E-state index contributed by atoms with van der Waals surface area (Å²) in [6, 6.07) is 9.72. The van der Waals surface area contributed by atoms with Crippen LogP contribution in [0.1, 0.15) is 34.8 Å². The molecule has 1 N–H and O–H groups in total. The zero-order chi connectivity index (χ0) is 22.5. The highest BCUT2D eigenvalue weighted by atomic mass is 35.5. The average Bonchev–Trinajstić information content (AvgIpc) is 2.75. The maximum Gasteiger partial charge on any atom is 0.303 e. The second-order valence-electron chi connectivity index (χ2n) is 7.25. The minimum atomic E-state index is -0.912. The molecule has 0 spiro atoms. The predicted octanol–water partition coefficient (Wildman–Crippen LogP) is 3.75. The number of amides is 1. The fourth-order valence-electron chi connectivity index (χ4n) is 3.71. The fraction of sp³-hybridized carbons (Fsp3) is 0.333. The zero-order valence-electron chi connectivity index (χ0n) is 16.5. The van der Waals surface area contributed by atoms with E-state index in [2.05, 4.69) is 4.90 Å². The van der Waals surface area contributed by atoms with Gasteiger partial charge in [-0.15, -0.1) is 0 Å². The Morgan fingerprint density at radius 2 is 1.77 bits per heavy atom. The molecule has 1 fully saturated rings. The zero-order valence-corrected chi connectivity index (χ0v) is 17.3. The van der Waals surface area contributed by atoms with Gasteiger partial charge in [-0.1, -0.05) is 23.7 Å². The Kier molecular flexibility index (Phi) is 7.19. The molecule has 164 valence electrons. The molecule has 1 aliphatic rings. The molecule has 1 atom stereocenters. The molecule has 1 heterocycles. The van der Waals surface area contributed by atoms with E-state index in [1.165, 1.54) is 30.3 Å². The summed E-state index contributed by atoms with van der Waals surface area (Å²) in [5.41, 5.74) is 0.678. The van der Waals surface area contributed by atoms with Crippen LogP contribution in [-0.2, 0) is 4.79 Å². The van der Waals surface area contributed by atoms with Crippen LogP contribution in [0.3, 0.4) is 0 Å². The number of hydrogen-bond acceptors (Lipinski definition) is 5. The molecule has 0 unspecified atom stereocenters. The van der Waals surface area contributed by atoms with Crippen molar-refractivity contribution in [1.29, 1.82) is 0 Å². The van der Waals surface area contributed by atoms with Gasteiger partial charge in [0.15, 0.2) is 0 Å². The topological polar surface area (TPSA) is 104 Å². The monoisotopic (exact) mass is 449 g/mol. The van der Waals surface area contributed by atoms with Crippen LogP contribution in [0.2, 0.25) is 5.02 Å². The van der Waals surface area contributed by atoms with E-state index in [0.29, 0.717) is 32.6 Å². The molecule has 2 aromatic carbocycles. The van der Waals surface area contributed by atoms with Crippen LogP contribution in [0.4, 0.5) is 10.1 Å². The number of carbonyl (C=O) groups is 2. The maximum atomic E-state index is 13.3. The number of benzene rings is 2.